The number of nitrogens with one attached hydrogen (secondary N) is 1. The van der Waals surface area contributed by atoms with Crippen LogP contribution in [0.3, 0.4) is 0 Å². The van der Waals surface area contributed by atoms with Gasteiger partial charge in [0.2, 0.25) is 10.0 Å². The number of aliphatic hydroxyl groups excluding tert-OH is 1. The van der Waals surface area contributed by atoms with Gasteiger partial charge in [0.1, 0.15) is 0 Å². The number of rotatable bonds is 5. The highest BCUT2D eigenvalue weighted by Crippen LogP contribution is 2.26. The van der Waals surface area contributed by atoms with Gasteiger partial charge in [0.05, 0.1) is 11.5 Å². The van der Waals surface area contributed by atoms with Gasteiger partial charge in [0, 0.05) is 23.4 Å². The first kappa shape index (κ1) is 16.1. The van der Waals surface area contributed by atoms with Crippen molar-refractivity contribution >= 4 is 26.0 Å². The van der Waals surface area contributed by atoms with Crippen molar-refractivity contribution in [3.05, 3.63) is 57.8 Å². The van der Waals surface area contributed by atoms with Crippen molar-refractivity contribution in [2.75, 3.05) is 0 Å². The molecule has 7 heteroatoms. The van der Waals surface area contributed by atoms with Crippen LogP contribution in [0, 0.1) is 6.92 Å². The molecule has 0 atom stereocenters. The second-order valence-electron chi connectivity index (χ2n) is 4.54. The van der Waals surface area contributed by atoms with E-state index in [9.17, 15) is 13.5 Å². The summed E-state index contributed by atoms with van der Waals surface area (Å²) in [6.45, 7) is 1.68. The summed E-state index contributed by atoms with van der Waals surface area (Å²) in [6, 6.07) is 6.68. The van der Waals surface area contributed by atoms with E-state index in [0.717, 1.165) is 5.56 Å². The van der Waals surface area contributed by atoms with Gasteiger partial charge in [-0.05, 0) is 47.9 Å². The predicted octanol–water partition coefficient (Wildman–Crippen LogP) is 2.12. The minimum Gasteiger partial charge on any atom is -0.392 e. The van der Waals surface area contributed by atoms with Crippen LogP contribution in [0.5, 0.6) is 0 Å². The lowest BCUT2D eigenvalue weighted by Gasteiger charge is -2.12. The van der Waals surface area contributed by atoms with Crippen molar-refractivity contribution in [3.8, 4) is 0 Å². The van der Waals surface area contributed by atoms with Gasteiger partial charge in [0.25, 0.3) is 0 Å². The van der Waals surface area contributed by atoms with E-state index in [-0.39, 0.29) is 18.0 Å². The third-order valence-corrected chi connectivity index (χ3v) is 5.40. The molecule has 1 aromatic heterocycles. The van der Waals surface area contributed by atoms with Crippen LogP contribution >= 0.6 is 15.9 Å². The number of nitrogens with zero attached hydrogens (tertiary/aromatic N) is 1. The Morgan fingerprint density at radius 3 is 2.52 bits per heavy atom. The number of aliphatic hydroxyl groups is 1. The number of aromatic nitrogens is 1. The van der Waals surface area contributed by atoms with Crippen LogP contribution in [-0.2, 0) is 23.2 Å². The maximum absolute atomic E-state index is 12.4. The molecular formula is C14H15BrN2O3S. The second-order valence-corrected chi connectivity index (χ2v) is 7.13. The van der Waals surface area contributed by atoms with Gasteiger partial charge in [-0.1, -0.05) is 15.9 Å². The zero-order valence-corrected chi connectivity index (χ0v) is 13.8. The molecule has 5 nitrogen and oxygen atoms in total. The lowest BCUT2D eigenvalue weighted by atomic mass is 10.2. The highest BCUT2D eigenvalue weighted by atomic mass is 79.9. The van der Waals surface area contributed by atoms with Crippen molar-refractivity contribution in [1.82, 2.24) is 9.71 Å². The van der Waals surface area contributed by atoms with Gasteiger partial charge in [0.15, 0.2) is 0 Å². The fraction of sp³-hybridized carbons (Fsp3) is 0.214. The molecule has 2 aromatic rings. The van der Waals surface area contributed by atoms with Crippen molar-refractivity contribution in [1.29, 1.82) is 0 Å². The number of hydrogen-bond acceptors (Lipinski definition) is 4. The number of benzene rings is 1. The Bertz CT molecular complexity index is 733. The lowest BCUT2D eigenvalue weighted by Crippen LogP contribution is -2.24. The molecule has 0 aliphatic rings. The third-order valence-electron chi connectivity index (χ3n) is 3.04. The highest BCUT2D eigenvalue weighted by molar-refractivity contribution is 9.10. The van der Waals surface area contributed by atoms with Crippen LogP contribution in [0.4, 0.5) is 0 Å². The summed E-state index contributed by atoms with van der Waals surface area (Å²) in [4.78, 5) is 4.05. The SMILES string of the molecule is Cc1c(Br)cc(CO)cc1S(=O)(=O)NCc1ccncc1. The first-order chi connectivity index (χ1) is 9.94. The van der Waals surface area contributed by atoms with Crippen molar-refractivity contribution in [3.63, 3.8) is 0 Å². The fourth-order valence-electron chi connectivity index (χ4n) is 1.83. The molecule has 0 fully saturated rings. The molecular weight excluding hydrogens is 356 g/mol. The van der Waals surface area contributed by atoms with Gasteiger partial charge in [-0.25, -0.2) is 13.1 Å². The van der Waals surface area contributed by atoms with E-state index in [4.69, 9.17) is 0 Å². The molecule has 21 heavy (non-hydrogen) atoms. The first-order valence-corrected chi connectivity index (χ1v) is 8.50. The summed E-state index contributed by atoms with van der Waals surface area (Å²) in [6.07, 6.45) is 3.22. The van der Waals surface area contributed by atoms with Gasteiger partial charge in [-0.15, -0.1) is 0 Å². The van der Waals surface area contributed by atoms with Crippen LogP contribution in [-0.4, -0.2) is 18.5 Å². The zero-order valence-electron chi connectivity index (χ0n) is 11.4. The molecule has 1 aromatic carbocycles. The minimum atomic E-state index is -3.66. The molecule has 0 saturated carbocycles. The van der Waals surface area contributed by atoms with Crippen LogP contribution in [0.2, 0.25) is 0 Å². The molecule has 2 rings (SSSR count). The largest absolute Gasteiger partial charge is 0.392 e. The smallest absolute Gasteiger partial charge is 0.241 e. The van der Waals surface area contributed by atoms with Crippen molar-refractivity contribution in [2.24, 2.45) is 0 Å². The molecule has 0 radical (unpaired) electrons. The molecule has 0 aliphatic carbocycles. The van der Waals surface area contributed by atoms with E-state index in [1.807, 2.05) is 0 Å². The molecule has 0 unspecified atom stereocenters. The average Bonchev–Trinajstić information content (AvgIpc) is 2.48. The second kappa shape index (κ2) is 6.65. The molecule has 0 spiro atoms. The van der Waals surface area contributed by atoms with Crippen LogP contribution in [0.15, 0.2) is 46.0 Å². The number of halogens is 1. The Kier molecular flexibility index (Phi) is 5.10. The number of sulfonamides is 1. The van der Waals surface area contributed by atoms with Crippen LogP contribution in [0.1, 0.15) is 16.7 Å². The molecule has 0 amide bonds. The summed E-state index contributed by atoms with van der Waals surface area (Å²) in [5.41, 5.74) is 1.97. The maximum atomic E-state index is 12.4. The third kappa shape index (κ3) is 3.88. The quantitative estimate of drug-likeness (QED) is 0.844. The summed E-state index contributed by atoms with van der Waals surface area (Å²) in [5.74, 6) is 0. The average molecular weight is 371 g/mol. The molecule has 112 valence electrons. The normalized spacial score (nSPS) is 11.6. The Morgan fingerprint density at radius 2 is 1.90 bits per heavy atom. The van der Waals surface area contributed by atoms with Crippen molar-refractivity contribution in [2.45, 2.75) is 25.0 Å². The highest BCUT2D eigenvalue weighted by Gasteiger charge is 2.19. The van der Waals surface area contributed by atoms with Crippen LogP contribution in [0.25, 0.3) is 0 Å². The van der Waals surface area contributed by atoms with Crippen LogP contribution < -0.4 is 4.72 Å². The van der Waals surface area contributed by atoms with E-state index in [1.165, 1.54) is 6.07 Å². The summed E-state index contributed by atoms with van der Waals surface area (Å²) < 4.78 is 28.0. The van der Waals surface area contributed by atoms with E-state index in [0.29, 0.717) is 15.6 Å². The molecule has 2 N–H and O–H groups in total. The minimum absolute atomic E-state index is 0.162. The van der Waals surface area contributed by atoms with E-state index in [2.05, 4.69) is 25.6 Å². The topological polar surface area (TPSA) is 79.3 Å². The lowest BCUT2D eigenvalue weighted by molar-refractivity contribution is 0.281. The van der Waals surface area contributed by atoms with Gasteiger partial charge in [-0.3, -0.25) is 4.98 Å². The Labute approximate surface area is 132 Å². The fourth-order valence-corrected chi connectivity index (χ4v) is 3.80. The Hall–Kier alpha value is -1.28. The van der Waals surface area contributed by atoms with Crippen molar-refractivity contribution < 1.29 is 13.5 Å². The zero-order chi connectivity index (χ0) is 15.5. The van der Waals surface area contributed by atoms with E-state index in [1.54, 1.807) is 37.5 Å². The molecule has 1 heterocycles. The summed E-state index contributed by atoms with van der Waals surface area (Å²) >= 11 is 3.31. The summed E-state index contributed by atoms with van der Waals surface area (Å²) in [7, 11) is -3.66. The first-order valence-electron chi connectivity index (χ1n) is 6.22. The Morgan fingerprint density at radius 1 is 1.24 bits per heavy atom. The molecule has 0 aliphatic heterocycles. The van der Waals surface area contributed by atoms with E-state index < -0.39 is 10.0 Å². The van der Waals surface area contributed by atoms with E-state index >= 15 is 0 Å². The predicted molar refractivity (Wildman–Crippen MR) is 83.1 cm³/mol. The number of hydrogen-bond donors (Lipinski definition) is 2. The standard InChI is InChI=1S/C14H15BrN2O3S/c1-10-13(15)6-12(9-18)7-14(10)21(19,20)17-8-11-2-4-16-5-3-11/h2-7,17-18H,8-9H2,1H3. The van der Waals surface area contributed by atoms with Gasteiger partial charge in [-0.2, -0.15) is 0 Å². The number of pyridine rings is 1. The Balaban J connectivity index is 2.29. The molecule has 0 saturated heterocycles. The molecule has 0 bridgehead atoms. The monoisotopic (exact) mass is 370 g/mol. The summed E-state index contributed by atoms with van der Waals surface area (Å²) in [5, 5.41) is 9.21. The van der Waals surface area contributed by atoms with Gasteiger partial charge >= 0.3 is 0 Å². The maximum Gasteiger partial charge on any atom is 0.241 e. The van der Waals surface area contributed by atoms with Gasteiger partial charge < -0.3 is 5.11 Å².